The van der Waals surface area contributed by atoms with E-state index in [0.29, 0.717) is 12.4 Å². The number of piperidine rings is 1. The molecule has 0 aromatic heterocycles. The Morgan fingerprint density at radius 1 is 1.21 bits per heavy atom. The van der Waals surface area contributed by atoms with Crippen LogP contribution in [-0.2, 0) is 21.4 Å². The Hall–Kier alpha value is -2.46. The Morgan fingerprint density at radius 2 is 1.90 bits per heavy atom. The second-order valence-corrected chi connectivity index (χ2v) is 8.86. The van der Waals surface area contributed by atoms with Crippen molar-refractivity contribution in [2.24, 2.45) is 0 Å². The van der Waals surface area contributed by atoms with Gasteiger partial charge in [-0.3, -0.25) is 10.0 Å². The highest BCUT2D eigenvalue weighted by Gasteiger charge is 2.40. The number of aliphatic hydroxyl groups is 1. The maximum atomic E-state index is 13.0. The minimum atomic E-state index is -3.99. The molecule has 0 spiro atoms. The Balaban J connectivity index is 1.75. The molecule has 3 N–H and O–H groups in total. The number of aliphatic hydroxyl groups excluding tert-OH is 1. The van der Waals surface area contributed by atoms with E-state index in [0.717, 1.165) is 15.4 Å². The molecule has 8 nitrogen and oxygen atoms in total. The van der Waals surface area contributed by atoms with Gasteiger partial charge < -0.3 is 9.84 Å². The van der Waals surface area contributed by atoms with E-state index in [-0.39, 0.29) is 24.3 Å². The molecule has 1 aliphatic heterocycles. The molecule has 1 amide bonds. The second-order valence-electron chi connectivity index (χ2n) is 6.97. The average molecular weight is 420 g/mol. The minimum absolute atomic E-state index is 0.00729. The summed E-state index contributed by atoms with van der Waals surface area (Å²) < 4.78 is 32.8. The van der Waals surface area contributed by atoms with Gasteiger partial charge >= 0.3 is 0 Å². The van der Waals surface area contributed by atoms with E-state index in [9.17, 15) is 18.3 Å². The lowest BCUT2D eigenvalue weighted by atomic mass is 10.0. The molecule has 1 saturated heterocycles. The van der Waals surface area contributed by atoms with Crippen molar-refractivity contribution in [3.8, 4) is 5.75 Å². The maximum Gasteiger partial charge on any atom is 0.261 e. The number of nitrogens with one attached hydrogen (secondary N) is 1. The van der Waals surface area contributed by atoms with Gasteiger partial charge in [0.15, 0.2) is 0 Å². The van der Waals surface area contributed by atoms with E-state index >= 15 is 0 Å². The molecule has 3 rings (SSSR count). The molecule has 156 valence electrons. The fourth-order valence-electron chi connectivity index (χ4n) is 3.30. The molecule has 0 aliphatic carbocycles. The third-order valence-corrected chi connectivity index (χ3v) is 6.95. The van der Waals surface area contributed by atoms with Crippen LogP contribution in [0, 0.1) is 6.92 Å². The van der Waals surface area contributed by atoms with Crippen molar-refractivity contribution < 1.29 is 28.3 Å². The summed E-state index contributed by atoms with van der Waals surface area (Å²) in [6.07, 6.45) is -0.670. The summed E-state index contributed by atoms with van der Waals surface area (Å²) in [6, 6.07) is 12.6. The van der Waals surface area contributed by atoms with Gasteiger partial charge in [0.1, 0.15) is 18.4 Å². The minimum Gasteiger partial charge on any atom is -0.489 e. The Kier molecular flexibility index (Phi) is 6.53. The molecule has 2 atom stereocenters. The van der Waals surface area contributed by atoms with Crippen molar-refractivity contribution in [3.63, 3.8) is 0 Å². The first kappa shape index (κ1) is 21.3. The highest BCUT2D eigenvalue weighted by molar-refractivity contribution is 7.89. The molecule has 1 fully saturated rings. The van der Waals surface area contributed by atoms with Crippen LogP contribution in [0.4, 0.5) is 0 Å². The topological polar surface area (TPSA) is 116 Å². The van der Waals surface area contributed by atoms with Crippen LogP contribution in [0.2, 0.25) is 0 Å². The standard InChI is InChI=1S/C20H24N2O6S/c1-14-4-2-3-5-15(14)13-28-17-6-8-18(9-7-17)29(26,27)22-11-10-16(23)12-19(22)20(24)21-25/h2-9,16,19,23,25H,10-13H2,1H3,(H,21,24)/t16-,19+/m0/s1. The van der Waals surface area contributed by atoms with Crippen molar-refractivity contribution in [2.45, 2.75) is 43.4 Å². The molecular formula is C20H24N2O6S. The van der Waals surface area contributed by atoms with Gasteiger partial charge in [0.25, 0.3) is 5.91 Å². The number of amides is 1. The SMILES string of the molecule is Cc1ccccc1COc1ccc(S(=O)(=O)N2CC[C@H](O)C[C@@H]2C(=O)NO)cc1. The van der Waals surface area contributed by atoms with Crippen LogP contribution in [0.3, 0.4) is 0 Å². The molecule has 9 heteroatoms. The lowest BCUT2D eigenvalue weighted by Crippen LogP contribution is -2.54. The highest BCUT2D eigenvalue weighted by atomic mass is 32.2. The van der Waals surface area contributed by atoms with Crippen LogP contribution in [0.5, 0.6) is 5.75 Å². The summed E-state index contributed by atoms with van der Waals surface area (Å²) in [5.74, 6) is -0.351. The van der Waals surface area contributed by atoms with E-state index < -0.39 is 28.1 Å². The molecule has 2 aromatic carbocycles. The first-order valence-electron chi connectivity index (χ1n) is 9.24. The average Bonchev–Trinajstić information content (AvgIpc) is 2.72. The lowest BCUT2D eigenvalue weighted by Gasteiger charge is -2.35. The summed E-state index contributed by atoms with van der Waals surface area (Å²) in [6.45, 7) is 2.33. The zero-order valence-electron chi connectivity index (χ0n) is 16.0. The number of carbonyl (C=O) groups excluding carboxylic acids is 1. The van der Waals surface area contributed by atoms with Gasteiger partial charge in [0.05, 0.1) is 11.0 Å². The quantitative estimate of drug-likeness (QED) is 0.483. The van der Waals surface area contributed by atoms with Crippen LogP contribution in [-0.4, -0.2) is 47.6 Å². The summed E-state index contributed by atoms with van der Waals surface area (Å²) in [5.41, 5.74) is 3.62. The lowest BCUT2D eigenvalue weighted by molar-refractivity contribution is -0.135. The van der Waals surface area contributed by atoms with Crippen LogP contribution in [0.15, 0.2) is 53.4 Å². The first-order chi connectivity index (χ1) is 13.8. The van der Waals surface area contributed by atoms with Crippen LogP contribution >= 0.6 is 0 Å². The number of ether oxygens (including phenoxy) is 1. The maximum absolute atomic E-state index is 13.0. The molecule has 2 aromatic rings. The zero-order chi connectivity index (χ0) is 21.0. The molecule has 1 heterocycles. The van der Waals surface area contributed by atoms with Crippen LogP contribution in [0.25, 0.3) is 0 Å². The van der Waals surface area contributed by atoms with Crippen molar-refractivity contribution in [1.29, 1.82) is 0 Å². The Labute approximate surface area is 169 Å². The number of hydrogen-bond donors (Lipinski definition) is 3. The summed E-state index contributed by atoms with van der Waals surface area (Å²) in [4.78, 5) is 11.9. The predicted molar refractivity (Wildman–Crippen MR) is 105 cm³/mol. The normalized spacial score (nSPS) is 20.2. The Morgan fingerprint density at radius 3 is 2.55 bits per heavy atom. The number of rotatable bonds is 6. The van der Waals surface area contributed by atoms with Crippen molar-refractivity contribution in [2.75, 3.05) is 6.54 Å². The van der Waals surface area contributed by atoms with Gasteiger partial charge in [-0.15, -0.1) is 0 Å². The number of aryl methyl sites for hydroxylation is 1. The molecule has 0 saturated carbocycles. The number of nitrogens with zero attached hydrogens (tertiary/aromatic N) is 1. The smallest absolute Gasteiger partial charge is 0.261 e. The highest BCUT2D eigenvalue weighted by Crippen LogP contribution is 2.27. The van der Waals surface area contributed by atoms with Crippen LogP contribution in [0.1, 0.15) is 24.0 Å². The van der Waals surface area contributed by atoms with E-state index in [1.807, 2.05) is 31.2 Å². The monoisotopic (exact) mass is 420 g/mol. The summed E-state index contributed by atoms with van der Waals surface area (Å²) in [7, 11) is -3.99. The van der Waals surface area contributed by atoms with Crippen molar-refractivity contribution >= 4 is 15.9 Å². The number of sulfonamides is 1. The summed E-state index contributed by atoms with van der Waals surface area (Å²) in [5, 5.41) is 18.7. The largest absolute Gasteiger partial charge is 0.489 e. The van der Waals surface area contributed by atoms with Crippen molar-refractivity contribution in [1.82, 2.24) is 9.79 Å². The van der Waals surface area contributed by atoms with E-state index in [2.05, 4.69) is 0 Å². The number of carbonyl (C=O) groups is 1. The first-order valence-corrected chi connectivity index (χ1v) is 10.7. The van der Waals surface area contributed by atoms with E-state index in [1.165, 1.54) is 17.6 Å². The number of hydroxylamine groups is 1. The van der Waals surface area contributed by atoms with E-state index in [4.69, 9.17) is 9.94 Å². The summed E-state index contributed by atoms with van der Waals surface area (Å²) >= 11 is 0. The molecule has 0 bridgehead atoms. The van der Waals surface area contributed by atoms with Gasteiger partial charge in [0, 0.05) is 6.54 Å². The fraction of sp³-hybridized carbons (Fsp3) is 0.350. The van der Waals surface area contributed by atoms with Crippen LogP contribution < -0.4 is 10.2 Å². The van der Waals surface area contributed by atoms with Gasteiger partial charge in [-0.2, -0.15) is 4.31 Å². The van der Waals surface area contributed by atoms with Crippen molar-refractivity contribution in [3.05, 3.63) is 59.7 Å². The van der Waals surface area contributed by atoms with Gasteiger partial charge in [0.2, 0.25) is 10.0 Å². The third-order valence-electron chi connectivity index (χ3n) is 5.02. The molecule has 1 aliphatic rings. The zero-order valence-corrected chi connectivity index (χ0v) is 16.8. The molecule has 29 heavy (non-hydrogen) atoms. The molecular weight excluding hydrogens is 396 g/mol. The van der Waals surface area contributed by atoms with Gasteiger partial charge in [-0.1, -0.05) is 24.3 Å². The van der Waals surface area contributed by atoms with Gasteiger partial charge in [-0.25, -0.2) is 13.9 Å². The number of benzene rings is 2. The molecule has 0 unspecified atom stereocenters. The second kappa shape index (κ2) is 8.91. The third kappa shape index (κ3) is 4.76. The number of hydrogen-bond acceptors (Lipinski definition) is 6. The molecule has 0 radical (unpaired) electrons. The fourth-order valence-corrected chi connectivity index (χ4v) is 4.92. The van der Waals surface area contributed by atoms with Gasteiger partial charge in [-0.05, 0) is 55.2 Å². The van der Waals surface area contributed by atoms with E-state index in [1.54, 1.807) is 12.1 Å². The predicted octanol–water partition coefficient (Wildman–Crippen LogP) is 1.59. The Bertz CT molecular complexity index is 961.